The zero-order valence-corrected chi connectivity index (χ0v) is 17.7. The van der Waals surface area contributed by atoms with Crippen LogP contribution in [0.25, 0.3) is 0 Å². The SMILES string of the molecule is COc1cc(C(=O)NCCc2ccco2)cc(NC(=O)C2CCCN(C)C2)c1OC. The van der Waals surface area contributed by atoms with Crippen LogP contribution >= 0.6 is 0 Å². The first-order valence-corrected chi connectivity index (χ1v) is 10.1. The van der Waals surface area contributed by atoms with E-state index in [1.807, 2.05) is 19.2 Å². The molecule has 2 aromatic rings. The van der Waals surface area contributed by atoms with E-state index in [2.05, 4.69) is 15.5 Å². The lowest BCUT2D eigenvalue weighted by molar-refractivity contribution is -0.121. The van der Waals surface area contributed by atoms with Gasteiger partial charge in [0.05, 0.1) is 32.1 Å². The van der Waals surface area contributed by atoms with Gasteiger partial charge in [-0.25, -0.2) is 0 Å². The third kappa shape index (κ3) is 5.33. The van der Waals surface area contributed by atoms with Gasteiger partial charge in [-0.1, -0.05) is 0 Å². The first kappa shape index (κ1) is 21.7. The molecule has 0 bridgehead atoms. The van der Waals surface area contributed by atoms with Crippen molar-refractivity contribution in [1.29, 1.82) is 0 Å². The number of amides is 2. The highest BCUT2D eigenvalue weighted by Gasteiger charge is 2.26. The molecule has 2 N–H and O–H groups in total. The van der Waals surface area contributed by atoms with Crippen LogP contribution in [0.3, 0.4) is 0 Å². The van der Waals surface area contributed by atoms with Crippen molar-refractivity contribution in [3.63, 3.8) is 0 Å². The Morgan fingerprint density at radius 3 is 2.77 bits per heavy atom. The number of methoxy groups -OCH3 is 2. The number of ether oxygens (including phenoxy) is 2. The number of hydrogen-bond acceptors (Lipinski definition) is 6. The van der Waals surface area contributed by atoms with Gasteiger partial charge in [-0.05, 0) is 50.7 Å². The smallest absolute Gasteiger partial charge is 0.251 e. The third-order valence-electron chi connectivity index (χ3n) is 5.23. The minimum Gasteiger partial charge on any atom is -0.493 e. The molecular formula is C22H29N3O5. The van der Waals surface area contributed by atoms with Crippen LogP contribution in [0.2, 0.25) is 0 Å². The Bertz CT molecular complexity index is 866. The number of likely N-dealkylation sites (tertiary alicyclic amines) is 1. The third-order valence-corrected chi connectivity index (χ3v) is 5.23. The molecule has 0 aliphatic carbocycles. The molecule has 0 spiro atoms. The number of carbonyl (C=O) groups is 2. The second-order valence-electron chi connectivity index (χ2n) is 7.44. The lowest BCUT2D eigenvalue weighted by Gasteiger charge is -2.29. The zero-order valence-electron chi connectivity index (χ0n) is 17.7. The standard InChI is InChI=1S/C22H29N3O5/c1-25-10-4-6-15(14-25)22(27)24-18-12-16(13-19(28-2)20(18)29-3)21(26)23-9-8-17-7-5-11-30-17/h5,7,11-13,15H,4,6,8-10,14H2,1-3H3,(H,23,26)(H,24,27). The van der Waals surface area contributed by atoms with Gasteiger partial charge in [0.15, 0.2) is 11.5 Å². The average Bonchev–Trinajstić information content (AvgIpc) is 3.26. The van der Waals surface area contributed by atoms with E-state index >= 15 is 0 Å². The van der Waals surface area contributed by atoms with Gasteiger partial charge in [0.1, 0.15) is 5.76 Å². The summed E-state index contributed by atoms with van der Waals surface area (Å²) in [4.78, 5) is 27.6. The summed E-state index contributed by atoms with van der Waals surface area (Å²) < 4.78 is 16.1. The van der Waals surface area contributed by atoms with Crippen molar-refractivity contribution < 1.29 is 23.5 Å². The van der Waals surface area contributed by atoms with E-state index in [4.69, 9.17) is 13.9 Å². The number of anilines is 1. The van der Waals surface area contributed by atoms with Crippen LogP contribution in [0.1, 0.15) is 29.0 Å². The van der Waals surface area contributed by atoms with Gasteiger partial charge in [-0.3, -0.25) is 9.59 Å². The van der Waals surface area contributed by atoms with Crippen LogP contribution in [-0.2, 0) is 11.2 Å². The summed E-state index contributed by atoms with van der Waals surface area (Å²) in [7, 11) is 5.01. The Balaban J connectivity index is 1.74. The van der Waals surface area contributed by atoms with Crippen LogP contribution in [0.4, 0.5) is 5.69 Å². The molecule has 2 heterocycles. The normalized spacial score (nSPS) is 16.7. The molecule has 3 rings (SSSR count). The Morgan fingerprint density at radius 1 is 1.27 bits per heavy atom. The highest BCUT2D eigenvalue weighted by molar-refractivity contribution is 6.00. The number of hydrogen-bond donors (Lipinski definition) is 2. The predicted molar refractivity (Wildman–Crippen MR) is 113 cm³/mol. The molecule has 0 saturated carbocycles. The van der Waals surface area contributed by atoms with Crippen LogP contribution in [0, 0.1) is 5.92 Å². The molecule has 1 aliphatic rings. The van der Waals surface area contributed by atoms with E-state index in [9.17, 15) is 9.59 Å². The summed E-state index contributed by atoms with van der Waals surface area (Å²) in [6, 6.07) is 6.89. The van der Waals surface area contributed by atoms with Crippen molar-refractivity contribution in [2.24, 2.45) is 5.92 Å². The molecule has 162 valence electrons. The second-order valence-corrected chi connectivity index (χ2v) is 7.44. The molecule has 8 nitrogen and oxygen atoms in total. The highest BCUT2D eigenvalue weighted by Crippen LogP contribution is 2.37. The molecule has 1 aromatic heterocycles. The number of nitrogens with zero attached hydrogens (tertiary/aromatic N) is 1. The van der Waals surface area contributed by atoms with E-state index in [0.29, 0.717) is 42.3 Å². The Morgan fingerprint density at radius 2 is 2.10 bits per heavy atom. The maximum atomic E-state index is 12.8. The van der Waals surface area contributed by atoms with Crippen molar-refractivity contribution in [1.82, 2.24) is 10.2 Å². The van der Waals surface area contributed by atoms with Gasteiger partial charge in [-0.15, -0.1) is 0 Å². The van der Waals surface area contributed by atoms with Gasteiger partial charge in [-0.2, -0.15) is 0 Å². The quantitative estimate of drug-likeness (QED) is 0.688. The highest BCUT2D eigenvalue weighted by atomic mass is 16.5. The van der Waals surface area contributed by atoms with Gasteiger partial charge >= 0.3 is 0 Å². The molecule has 0 radical (unpaired) electrons. The summed E-state index contributed by atoms with van der Waals surface area (Å²) >= 11 is 0. The fraction of sp³-hybridized carbons (Fsp3) is 0.455. The first-order chi connectivity index (χ1) is 14.5. The summed E-state index contributed by atoms with van der Waals surface area (Å²) in [6.45, 7) is 2.13. The number of furan rings is 1. The Hall–Kier alpha value is -3.00. The molecular weight excluding hydrogens is 386 g/mol. The lowest BCUT2D eigenvalue weighted by Crippen LogP contribution is -2.38. The van der Waals surface area contributed by atoms with Gasteiger partial charge in [0.25, 0.3) is 5.91 Å². The molecule has 1 aliphatic heterocycles. The van der Waals surface area contributed by atoms with Gasteiger partial charge < -0.3 is 29.4 Å². The van der Waals surface area contributed by atoms with E-state index in [0.717, 1.165) is 25.1 Å². The topological polar surface area (TPSA) is 93.0 Å². The molecule has 1 unspecified atom stereocenters. The predicted octanol–water partition coefficient (Wildman–Crippen LogP) is 2.55. The maximum absolute atomic E-state index is 12.8. The monoisotopic (exact) mass is 415 g/mol. The Labute approximate surface area is 176 Å². The first-order valence-electron chi connectivity index (χ1n) is 10.1. The number of carbonyl (C=O) groups excluding carboxylic acids is 2. The molecule has 1 aromatic carbocycles. The number of benzene rings is 1. The zero-order chi connectivity index (χ0) is 21.5. The van der Waals surface area contributed by atoms with Gasteiger partial charge in [0.2, 0.25) is 5.91 Å². The van der Waals surface area contributed by atoms with E-state index in [1.54, 1.807) is 18.4 Å². The summed E-state index contributed by atoms with van der Waals surface area (Å²) in [6.07, 6.45) is 4.01. The number of rotatable bonds is 8. The van der Waals surface area contributed by atoms with Crippen LogP contribution in [0.15, 0.2) is 34.9 Å². The largest absolute Gasteiger partial charge is 0.493 e. The van der Waals surface area contributed by atoms with Crippen LogP contribution in [-0.4, -0.2) is 57.6 Å². The molecule has 1 saturated heterocycles. The fourth-order valence-electron chi connectivity index (χ4n) is 3.66. The molecule has 1 atom stereocenters. The molecule has 8 heteroatoms. The maximum Gasteiger partial charge on any atom is 0.251 e. The van der Waals surface area contributed by atoms with Crippen LogP contribution in [0.5, 0.6) is 11.5 Å². The molecule has 2 amide bonds. The summed E-state index contributed by atoms with van der Waals surface area (Å²) in [5.74, 6) is 1.11. The van der Waals surface area contributed by atoms with Crippen molar-refractivity contribution >= 4 is 17.5 Å². The minimum absolute atomic E-state index is 0.0859. The van der Waals surface area contributed by atoms with E-state index in [1.165, 1.54) is 14.2 Å². The van der Waals surface area contributed by atoms with Crippen molar-refractivity contribution in [3.8, 4) is 11.5 Å². The van der Waals surface area contributed by atoms with Gasteiger partial charge in [0, 0.05) is 25.1 Å². The molecule has 30 heavy (non-hydrogen) atoms. The molecule has 1 fully saturated rings. The van der Waals surface area contributed by atoms with Crippen LogP contribution < -0.4 is 20.1 Å². The fourth-order valence-corrected chi connectivity index (χ4v) is 3.66. The second kappa shape index (κ2) is 10.2. The number of piperidine rings is 1. The van der Waals surface area contributed by atoms with E-state index < -0.39 is 0 Å². The minimum atomic E-state index is -0.268. The summed E-state index contributed by atoms with van der Waals surface area (Å²) in [5, 5.41) is 5.80. The summed E-state index contributed by atoms with van der Waals surface area (Å²) in [5.41, 5.74) is 0.800. The van der Waals surface area contributed by atoms with Crippen molar-refractivity contribution in [2.75, 3.05) is 46.2 Å². The Kier molecular flexibility index (Phi) is 7.35. The van der Waals surface area contributed by atoms with Crippen molar-refractivity contribution in [2.45, 2.75) is 19.3 Å². The van der Waals surface area contributed by atoms with E-state index in [-0.39, 0.29) is 17.7 Å². The van der Waals surface area contributed by atoms with Crippen molar-refractivity contribution in [3.05, 3.63) is 41.9 Å². The lowest BCUT2D eigenvalue weighted by atomic mass is 9.97. The average molecular weight is 415 g/mol. The number of nitrogens with one attached hydrogen (secondary N) is 2.